The van der Waals surface area contributed by atoms with Gasteiger partial charge in [0.2, 0.25) is 0 Å². The zero-order valence-corrected chi connectivity index (χ0v) is 29.5. The van der Waals surface area contributed by atoms with Crippen LogP contribution in [0.5, 0.6) is 0 Å². The summed E-state index contributed by atoms with van der Waals surface area (Å²) in [5, 5.41) is 0. The fraction of sp³-hybridized carbons (Fsp3) is 0. The number of benzene rings is 6. The van der Waals surface area contributed by atoms with Crippen molar-refractivity contribution >= 4 is 70.4 Å². The fourth-order valence-electron chi connectivity index (χ4n) is 5.55. The van der Waals surface area contributed by atoms with Crippen molar-refractivity contribution in [1.29, 1.82) is 0 Å². The van der Waals surface area contributed by atoms with Crippen LogP contribution in [0.4, 0.5) is 0 Å². The number of rotatable bonds is 10. The van der Waals surface area contributed by atoms with Crippen LogP contribution in [0.25, 0.3) is 0 Å². The summed E-state index contributed by atoms with van der Waals surface area (Å²) < 4.78 is 35.2. The standard InChI is InChI=1S/6C6H5.H2O3S.2Sn/c6*1-2-4-6-5-3-1;1-4(2)3;;/h6*1-5H;(H2,1,2,3);;/q;;;;;;;2*+1/p-2. The van der Waals surface area contributed by atoms with Crippen molar-refractivity contribution in [3.05, 3.63) is 182 Å². The van der Waals surface area contributed by atoms with E-state index in [2.05, 4.69) is 72.8 Å². The Morgan fingerprint density at radius 1 is 0.310 bits per heavy atom. The maximum atomic E-state index is 14.7. The third-order valence-electron chi connectivity index (χ3n) is 7.47. The van der Waals surface area contributed by atoms with E-state index in [9.17, 15) is 4.21 Å². The van der Waals surface area contributed by atoms with Gasteiger partial charge in [0, 0.05) is 0 Å². The molecular weight excluding hydrogens is 750 g/mol. The predicted molar refractivity (Wildman–Crippen MR) is 178 cm³/mol. The number of hydrogen-bond donors (Lipinski definition) is 0. The molecule has 6 aromatic rings. The van der Waals surface area contributed by atoms with E-state index in [-0.39, 0.29) is 0 Å². The van der Waals surface area contributed by atoms with Gasteiger partial charge >= 0.3 is 262 Å². The SMILES string of the molecule is O=S([O][Sn]([c]1ccccc1)([c]1ccccc1)[c]1ccccc1)[O][Sn]([c]1ccccc1)([c]1ccccc1)[c]1ccccc1. The molecule has 0 heterocycles. The van der Waals surface area contributed by atoms with Crippen molar-refractivity contribution in [2.45, 2.75) is 0 Å². The maximum absolute atomic E-state index is 14.7. The number of hydrogen-bond acceptors (Lipinski definition) is 3. The van der Waals surface area contributed by atoms with Crippen LogP contribution in [-0.4, -0.2) is 41.8 Å². The molecule has 0 aliphatic rings. The Morgan fingerprint density at radius 2 is 0.476 bits per heavy atom. The Balaban J connectivity index is 1.55. The van der Waals surface area contributed by atoms with E-state index >= 15 is 0 Å². The van der Waals surface area contributed by atoms with Gasteiger partial charge in [0.1, 0.15) is 0 Å². The van der Waals surface area contributed by atoms with E-state index in [4.69, 9.17) is 5.04 Å². The summed E-state index contributed by atoms with van der Waals surface area (Å²) in [6, 6.07) is 61.7. The van der Waals surface area contributed by atoms with Crippen LogP contribution in [0.2, 0.25) is 0 Å². The van der Waals surface area contributed by atoms with Gasteiger partial charge in [-0.1, -0.05) is 0 Å². The second kappa shape index (κ2) is 13.5. The molecule has 0 unspecified atom stereocenters. The molecule has 0 saturated heterocycles. The molecule has 0 bridgehead atoms. The molecule has 0 saturated carbocycles. The van der Waals surface area contributed by atoms with E-state index in [0.29, 0.717) is 0 Å². The van der Waals surface area contributed by atoms with Crippen LogP contribution < -0.4 is 21.5 Å². The van der Waals surface area contributed by atoms with Crippen molar-refractivity contribution in [1.82, 2.24) is 0 Å². The van der Waals surface area contributed by atoms with Crippen molar-refractivity contribution in [3.8, 4) is 0 Å². The zero-order valence-electron chi connectivity index (χ0n) is 23.0. The summed E-state index contributed by atoms with van der Waals surface area (Å²) in [5.41, 5.74) is 0. The van der Waals surface area contributed by atoms with Crippen LogP contribution in [0.3, 0.4) is 0 Å². The summed E-state index contributed by atoms with van der Waals surface area (Å²) >= 11 is -10.8. The second-order valence-electron chi connectivity index (χ2n) is 9.93. The van der Waals surface area contributed by atoms with Gasteiger partial charge in [-0.25, -0.2) is 0 Å². The molecule has 0 spiro atoms. The zero-order chi connectivity index (χ0) is 28.7. The van der Waals surface area contributed by atoms with Gasteiger partial charge in [-0.05, 0) is 0 Å². The van der Waals surface area contributed by atoms with Gasteiger partial charge in [0.05, 0.1) is 0 Å². The molecule has 0 aromatic heterocycles. The average Bonchev–Trinajstić information content (AvgIpc) is 3.08. The second-order valence-corrected chi connectivity index (χ2v) is 31.2. The van der Waals surface area contributed by atoms with Crippen molar-refractivity contribution in [2.24, 2.45) is 0 Å². The molecule has 0 aliphatic carbocycles. The fourth-order valence-corrected chi connectivity index (χ4v) is 34.3. The van der Waals surface area contributed by atoms with Gasteiger partial charge < -0.3 is 0 Å². The Hall–Kier alpha value is -3.01. The molecule has 0 amide bonds. The van der Waals surface area contributed by atoms with Crippen LogP contribution in [-0.2, 0) is 16.4 Å². The molecule has 6 heteroatoms. The van der Waals surface area contributed by atoms with Gasteiger partial charge in [0.15, 0.2) is 0 Å². The minimum atomic E-state index is -4.35. The third-order valence-corrected chi connectivity index (χ3v) is 34.5. The monoisotopic (exact) mass is 782 g/mol. The van der Waals surface area contributed by atoms with Gasteiger partial charge in [-0.15, -0.1) is 0 Å². The van der Waals surface area contributed by atoms with E-state index in [1.165, 1.54) is 0 Å². The van der Waals surface area contributed by atoms with Gasteiger partial charge in [0.25, 0.3) is 0 Å². The van der Waals surface area contributed by atoms with Crippen molar-refractivity contribution < 1.29 is 9.25 Å². The first kappa shape index (κ1) is 29.1. The van der Waals surface area contributed by atoms with Crippen molar-refractivity contribution in [3.63, 3.8) is 0 Å². The Kier molecular flexibility index (Phi) is 9.36. The summed E-state index contributed by atoms with van der Waals surface area (Å²) in [5.74, 6) is 0. The van der Waals surface area contributed by atoms with Crippen LogP contribution in [0.1, 0.15) is 0 Å². The van der Waals surface area contributed by atoms with Crippen LogP contribution >= 0.6 is 0 Å². The first-order valence-electron chi connectivity index (χ1n) is 13.9. The Morgan fingerprint density at radius 3 is 0.643 bits per heavy atom. The predicted octanol–water partition coefficient (Wildman–Crippen LogP) is 3.93. The van der Waals surface area contributed by atoms with Gasteiger partial charge in [-0.3, -0.25) is 0 Å². The minimum absolute atomic E-state index is 1.07. The Labute approximate surface area is 259 Å². The molecule has 0 N–H and O–H groups in total. The molecule has 6 aromatic carbocycles. The van der Waals surface area contributed by atoms with E-state index in [1.807, 2.05) is 109 Å². The van der Waals surface area contributed by atoms with Crippen molar-refractivity contribution in [2.75, 3.05) is 0 Å². The van der Waals surface area contributed by atoms with E-state index in [1.54, 1.807) is 0 Å². The normalized spacial score (nSPS) is 11.8. The molecule has 0 atom stereocenters. The molecule has 0 radical (unpaired) electrons. The average molecular weight is 780 g/mol. The molecule has 0 fully saturated rings. The topological polar surface area (TPSA) is 35.5 Å². The molecule has 42 heavy (non-hydrogen) atoms. The van der Waals surface area contributed by atoms with Gasteiger partial charge in [-0.2, -0.15) is 0 Å². The van der Waals surface area contributed by atoms with E-state index < -0.39 is 48.9 Å². The summed E-state index contributed by atoms with van der Waals surface area (Å²) in [6.07, 6.45) is 0. The summed E-state index contributed by atoms with van der Waals surface area (Å²) in [6.45, 7) is 0. The molecule has 3 nitrogen and oxygen atoms in total. The summed E-state index contributed by atoms with van der Waals surface area (Å²) in [7, 11) is 0. The van der Waals surface area contributed by atoms with Crippen LogP contribution in [0.15, 0.2) is 182 Å². The molecule has 0 aliphatic heterocycles. The molecular formula is C36H30O3SSn2. The summed E-state index contributed by atoms with van der Waals surface area (Å²) in [4.78, 5) is 0. The quantitative estimate of drug-likeness (QED) is 0.198. The first-order chi connectivity index (χ1) is 20.7. The Bertz CT molecular complexity index is 1400. The molecule has 206 valence electrons. The van der Waals surface area contributed by atoms with E-state index in [0.717, 1.165) is 21.5 Å². The molecule has 6 rings (SSSR count). The first-order valence-corrected chi connectivity index (χ1v) is 25.8. The third kappa shape index (κ3) is 5.79. The van der Waals surface area contributed by atoms with Crippen LogP contribution in [0, 0.1) is 0 Å².